The summed E-state index contributed by atoms with van der Waals surface area (Å²) in [6, 6.07) is 8.11. The van der Waals surface area contributed by atoms with Gasteiger partial charge in [-0.05, 0) is 48.9 Å². The molecule has 2 aromatic heterocycles. The van der Waals surface area contributed by atoms with Gasteiger partial charge in [0.15, 0.2) is 24.0 Å². The first kappa shape index (κ1) is 21.0. The van der Waals surface area contributed by atoms with Crippen LogP contribution in [-0.2, 0) is 19.0 Å². The molecule has 1 saturated heterocycles. The van der Waals surface area contributed by atoms with Gasteiger partial charge in [-0.25, -0.2) is 14.4 Å². The third-order valence-electron chi connectivity index (χ3n) is 5.51. The van der Waals surface area contributed by atoms with Gasteiger partial charge in [-0.1, -0.05) is 12.1 Å². The van der Waals surface area contributed by atoms with E-state index in [4.69, 9.17) is 0 Å². The minimum atomic E-state index is -4.39. The number of nitrogens with zero attached hydrogens (tertiary/aromatic N) is 4. The molecule has 0 unspecified atom stereocenters. The van der Waals surface area contributed by atoms with Crippen LogP contribution in [0, 0.1) is 11.0 Å². The Bertz CT molecular complexity index is 1040. The van der Waals surface area contributed by atoms with Gasteiger partial charge in [0.1, 0.15) is 6.33 Å². The first-order valence-electron chi connectivity index (χ1n) is 9.94. The van der Waals surface area contributed by atoms with Crippen molar-refractivity contribution in [1.29, 1.82) is 0 Å². The first-order valence-corrected chi connectivity index (χ1v) is 9.94. The van der Waals surface area contributed by atoms with Crippen molar-refractivity contribution in [3.63, 3.8) is 0 Å². The second-order valence-corrected chi connectivity index (χ2v) is 7.50. The lowest BCUT2D eigenvalue weighted by Crippen LogP contribution is -2.25. The van der Waals surface area contributed by atoms with E-state index in [0.717, 1.165) is 24.1 Å². The number of benzene rings is 1. The van der Waals surface area contributed by atoms with Crippen LogP contribution in [0.3, 0.4) is 0 Å². The summed E-state index contributed by atoms with van der Waals surface area (Å²) >= 11 is 0. The quantitative estimate of drug-likeness (QED) is 0.341. The molecule has 1 atom stereocenters. The molecule has 1 aliphatic heterocycles. The van der Waals surface area contributed by atoms with E-state index in [2.05, 4.69) is 9.97 Å². The van der Waals surface area contributed by atoms with E-state index in [0.29, 0.717) is 36.1 Å². The first-order chi connectivity index (χ1) is 14.8. The SMILES string of the molecule is [O-][n+]1ccc(CCc2ncnc(N3CCC[C@@H]3c3ccc(C(F)(F)F)cc3)c2F)cc1. The van der Waals surface area contributed by atoms with E-state index in [-0.39, 0.29) is 17.6 Å². The average molecular weight is 432 g/mol. The fourth-order valence-electron chi connectivity index (χ4n) is 3.90. The fraction of sp³-hybridized carbons (Fsp3) is 0.318. The Morgan fingerprint density at radius 2 is 1.74 bits per heavy atom. The van der Waals surface area contributed by atoms with E-state index >= 15 is 4.39 Å². The molecule has 5 nitrogen and oxygen atoms in total. The maximum Gasteiger partial charge on any atom is 0.416 e. The van der Waals surface area contributed by atoms with Crippen LogP contribution in [0.1, 0.15) is 41.3 Å². The zero-order valence-corrected chi connectivity index (χ0v) is 16.5. The number of aryl methyl sites for hydroxylation is 2. The van der Waals surface area contributed by atoms with Gasteiger partial charge in [-0.2, -0.15) is 17.9 Å². The molecule has 4 rings (SSSR count). The predicted molar refractivity (Wildman–Crippen MR) is 106 cm³/mol. The molecule has 0 aliphatic carbocycles. The van der Waals surface area contributed by atoms with Crippen molar-refractivity contribution >= 4 is 5.82 Å². The second-order valence-electron chi connectivity index (χ2n) is 7.50. The number of alkyl halides is 3. The van der Waals surface area contributed by atoms with Gasteiger partial charge < -0.3 is 10.1 Å². The summed E-state index contributed by atoms with van der Waals surface area (Å²) in [6.45, 7) is 0.557. The fourth-order valence-corrected chi connectivity index (χ4v) is 3.90. The molecule has 0 amide bonds. The van der Waals surface area contributed by atoms with Crippen LogP contribution < -0.4 is 9.63 Å². The average Bonchev–Trinajstić information content (AvgIpc) is 3.23. The Kier molecular flexibility index (Phi) is 5.75. The number of hydrogen-bond acceptors (Lipinski definition) is 4. The molecule has 1 fully saturated rings. The third-order valence-corrected chi connectivity index (χ3v) is 5.51. The minimum Gasteiger partial charge on any atom is -0.619 e. The summed E-state index contributed by atoms with van der Waals surface area (Å²) in [4.78, 5) is 10.0. The third kappa shape index (κ3) is 4.60. The van der Waals surface area contributed by atoms with Gasteiger partial charge in [-0.3, -0.25) is 0 Å². The summed E-state index contributed by atoms with van der Waals surface area (Å²) in [5.74, 6) is -0.353. The van der Waals surface area contributed by atoms with E-state index in [9.17, 15) is 18.4 Å². The molecule has 0 radical (unpaired) electrons. The van der Waals surface area contributed by atoms with Gasteiger partial charge in [0.25, 0.3) is 0 Å². The van der Waals surface area contributed by atoms with Crippen molar-refractivity contribution in [3.05, 3.63) is 88.5 Å². The molecule has 1 aromatic carbocycles. The number of halogens is 4. The van der Waals surface area contributed by atoms with Crippen molar-refractivity contribution in [2.45, 2.75) is 37.9 Å². The van der Waals surface area contributed by atoms with E-state index in [1.54, 1.807) is 17.0 Å². The van der Waals surface area contributed by atoms with E-state index in [1.165, 1.54) is 30.9 Å². The molecule has 31 heavy (non-hydrogen) atoms. The largest absolute Gasteiger partial charge is 0.619 e. The highest BCUT2D eigenvalue weighted by atomic mass is 19.4. The number of pyridine rings is 1. The van der Waals surface area contributed by atoms with Gasteiger partial charge in [0.05, 0.1) is 17.3 Å². The van der Waals surface area contributed by atoms with Crippen molar-refractivity contribution in [1.82, 2.24) is 9.97 Å². The number of rotatable bonds is 5. The van der Waals surface area contributed by atoms with Crippen LogP contribution in [0.25, 0.3) is 0 Å². The van der Waals surface area contributed by atoms with Gasteiger partial charge in [0.2, 0.25) is 0 Å². The summed E-state index contributed by atoms with van der Waals surface area (Å²) in [5, 5.41) is 11.1. The van der Waals surface area contributed by atoms with Crippen molar-refractivity contribution in [2.75, 3.05) is 11.4 Å². The molecule has 3 heterocycles. The van der Waals surface area contributed by atoms with Crippen LogP contribution in [0.2, 0.25) is 0 Å². The molecule has 0 spiro atoms. The Balaban J connectivity index is 1.54. The lowest BCUT2D eigenvalue weighted by atomic mass is 10.0. The van der Waals surface area contributed by atoms with Gasteiger partial charge in [0, 0.05) is 18.7 Å². The second kappa shape index (κ2) is 8.49. The standard InChI is InChI=1S/C22H20F4N4O/c23-20-18(8-3-15-9-12-29(31)13-10-15)27-14-28-21(20)30-11-1-2-19(30)16-4-6-17(7-5-16)22(24,25)26/h4-7,9-10,12-14,19H,1-3,8,11H2/t19-/m1/s1. The maximum absolute atomic E-state index is 15.2. The Morgan fingerprint density at radius 1 is 1.03 bits per heavy atom. The highest BCUT2D eigenvalue weighted by Gasteiger charge is 2.33. The zero-order chi connectivity index (χ0) is 22.0. The van der Waals surface area contributed by atoms with Crippen molar-refractivity contribution in [3.8, 4) is 0 Å². The predicted octanol–water partition coefficient (Wildman–Crippen LogP) is 4.39. The molecule has 9 heteroatoms. The molecule has 3 aromatic rings. The molecular formula is C22H20F4N4O. The van der Waals surface area contributed by atoms with Gasteiger partial charge >= 0.3 is 6.18 Å². The molecule has 0 saturated carbocycles. The molecular weight excluding hydrogens is 412 g/mol. The van der Waals surface area contributed by atoms with Crippen LogP contribution in [0.15, 0.2) is 55.1 Å². The minimum absolute atomic E-state index is 0.165. The molecule has 0 N–H and O–H groups in total. The van der Waals surface area contributed by atoms with Crippen LogP contribution in [0.4, 0.5) is 23.4 Å². The summed E-state index contributed by atoms with van der Waals surface area (Å²) in [7, 11) is 0. The van der Waals surface area contributed by atoms with E-state index in [1.807, 2.05) is 0 Å². The zero-order valence-electron chi connectivity index (χ0n) is 16.5. The topological polar surface area (TPSA) is 56.0 Å². The highest BCUT2D eigenvalue weighted by Crippen LogP contribution is 2.38. The van der Waals surface area contributed by atoms with E-state index < -0.39 is 17.6 Å². The van der Waals surface area contributed by atoms with Crippen LogP contribution in [0.5, 0.6) is 0 Å². The lowest BCUT2D eigenvalue weighted by Gasteiger charge is -2.27. The highest BCUT2D eigenvalue weighted by molar-refractivity contribution is 5.46. The Labute approximate surface area is 176 Å². The number of anilines is 1. The summed E-state index contributed by atoms with van der Waals surface area (Å²) in [5.41, 5.74) is 1.14. The number of aromatic nitrogens is 3. The number of hydrogen-bond donors (Lipinski definition) is 0. The molecule has 1 aliphatic rings. The lowest BCUT2D eigenvalue weighted by molar-refractivity contribution is -0.605. The summed E-state index contributed by atoms with van der Waals surface area (Å²) < 4.78 is 54.5. The summed E-state index contributed by atoms with van der Waals surface area (Å²) in [6.07, 6.45) is 2.01. The van der Waals surface area contributed by atoms with Crippen molar-refractivity contribution in [2.24, 2.45) is 0 Å². The molecule has 162 valence electrons. The normalized spacial score (nSPS) is 16.6. The smallest absolute Gasteiger partial charge is 0.416 e. The van der Waals surface area contributed by atoms with Crippen molar-refractivity contribution < 1.29 is 22.3 Å². The van der Waals surface area contributed by atoms with Crippen LogP contribution >= 0.6 is 0 Å². The maximum atomic E-state index is 15.2. The Morgan fingerprint density at radius 3 is 2.42 bits per heavy atom. The van der Waals surface area contributed by atoms with Crippen LogP contribution in [-0.4, -0.2) is 16.5 Å². The Hall–Kier alpha value is -3.23. The molecule has 0 bridgehead atoms. The monoisotopic (exact) mass is 432 g/mol. The van der Waals surface area contributed by atoms with Gasteiger partial charge in [-0.15, -0.1) is 0 Å².